The summed E-state index contributed by atoms with van der Waals surface area (Å²) in [4.78, 5) is 25.3. The third-order valence-electron chi connectivity index (χ3n) is 8.18. The zero-order chi connectivity index (χ0) is 18.2. The molecule has 136 valence electrons. The molecular weight excluding hydrogens is 324 g/mol. The number of ketones is 2. The van der Waals surface area contributed by atoms with Gasteiger partial charge < -0.3 is 0 Å². The second-order valence-electron chi connectivity index (χ2n) is 10.5. The number of hydrogen-bond acceptors (Lipinski definition) is 2. The molecule has 3 saturated carbocycles. The highest BCUT2D eigenvalue weighted by Crippen LogP contribution is 2.63. The molecule has 3 heteroatoms. The van der Waals surface area contributed by atoms with Crippen LogP contribution in [-0.2, 0) is 9.59 Å². The maximum atomic E-state index is 12.7. The first-order valence-electron chi connectivity index (χ1n) is 10.1. The van der Waals surface area contributed by atoms with Crippen molar-refractivity contribution in [1.29, 1.82) is 0 Å². The van der Waals surface area contributed by atoms with Gasteiger partial charge in [-0.2, -0.15) is 0 Å². The summed E-state index contributed by atoms with van der Waals surface area (Å²) in [5.41, 5.74) is 1.35. The number of carbonyl (C=O) groups excluding carboxylic acids is 2. The van der Waals surface area contributed by atoms with E-state index in [1.807, 2.05) is 6.08 Å². The van der Waals surface area contributed by atoms with Crippen molar-refractivity contribution in [3.8, 4) is 0 Å². The van der Waals surface area contributed by atoms with Crippen molar-refractivity contribution in [1.82, 2.24) is 0 Å². The second kappa shape index (κ2) is 5.28. The van der Waals surface area contributed by atoms with Crippen LogP contribution >= 0.6 is 0 Å². The molecule has 0 bridgehead atoms. The first-order chi connectivity index (χ1) is 11.6. The number of allylic oxidation sites excluding steroid dienone is 4. The molecule has 0 amide bonds. The summed E-state index contributed by atoms with van der Waals surface area (Å²) in [7, 11) is -1.64. The van der Waals surface area contributed by atoms with Gasteiger partial charge in [0.15, 0.2) is 5.78 Å². The molecule has 5 atom stereocenters. The van der Waals surface area contributed by atoms with E-state index in [-0.39, 0.29) is 16.6 Å². The Hall–Kier alpha value is -0.963. The van der Waals surface area contributed by atoms with E-state index in [1.165, 1.54) is 12.0 Å². The lowest BCUT2D eigenvalue weighted by Gasteiger charge is -2.56. The zero-order valence-electron chi connectivity index (χ0n) is 16.4. The van der Waals surface area contributed by atoms with Gasteiger partial charge in [0.25, 0.3) is 0 Å². The highest BCUT2D eigenvalue weighted by molar-refractivity contribution is 6.87. The molecule has 0 radical (unpaired) electrons. The van der Waals surface area contributed by atoms with E-state index >= 15 is 0 Å². The molecule has 0 N–H and O–H groups in total. The molecular formula is C22H32O2Si. The van der Waals surface area contributed by atoms with Crippen LogP contribution in [0.15, 0.2) is 22.9 Å². The molecule has 4 aliphatic rings. The van der Waals surface area contributed by atoms with Crippen LogP contribution in [-0.4, -0.2) is 19.6 Å². The lowest BCUT2D eigenvalue weighted by Crippen LogP contribution is -2.50. The smallest absolute Gasteiger partial charge is 0.177 e. The Morgan fingerprint density at radius 3 is 2.40 bits per heavy atom. The van der Waals surface area contributed by atoms with E-state index in [4.69, 9.17) is 0 Å². The summed E-state index contributed by atoms with van der Waals surface area (Å²) in [5.74, 6) is 2.62. The maximum absolute atomic E-state index is 12.7. The van der Waals surface area contributed by atoms with Crippen molar-refractivity contribution in [2.45, 2.75) is 72.0 Å². The monoisotopic (exact) mass is 356 g/mol. The first-order valence-corrected chi connectivity index (χ1v) is 13.6. The van der Waals surface area contributed by atoms with Gasteiger partial charge in [0.2, 0.25) is 0 Å². The average molecular weight is 357 g/mol. The lowest BCUT2D eigenvalue weighted by atomic mass is 9.48. The van der Waals surface area contributed by atoms with Crippen molar-refractivity contribution in [3.05, 3.63) is 22.9 Å². The Morgan fingerprint density at radius 1 is 1.00 bits per heavy atom. The Labute approximate surface area is 153 Å². The number of rotatable bonds is 1. The van der Waals surface area contributed by atoms with Gasteiger partial charge in [-0.3, -0.25) is 9.59 Å². The molecule has 4 aliphatic carbocycles. The minimum Gasteiger partial charge on any atom is -0.299 e. The Balaban J connectivity index is 1.75. The van der Waals surface area contributed by atoms with Crippen molar-refractivity contribution in [3.63, 3.8) is 0 Å². The summed E-state index contributed by atoms with van der Waals surface area (Å²) >= 11 is 0. The molecule has 3 fully saturated rings. The van der Waals surface area contributed by atoms with Crippen LogP contribution < -0.4 is 0 Å². The third kappa shape index (κ3) is 2.34. The van der Waals surface area contributed by atoms with Crippen LogP contribution in [0.4, 0.5) is 0 Å². The highest BCUT2D eigenvalue weighted by atomic mass is 28.3. The minimum atomic E-state index is -1.64. The van der Waals surface area contributed by atoms with E-state index in [2.05, 4.69) is 39.6 Å². The topological polar surface area (TPSA) is 34.1 Å². The van der Waals surface area contributed by atoms with Crippen LogP contribution in [0.1, 0.15) is 52.4 Å². The van der Waals surface area contributed by atoms with Gasteiger partial charge in [-0.1, -0.05) is 45.1 Å². The molecule has 0 aromatic heterocycles. The fraction of sp³-hybridized carbons (Fsp3) is 0.727. The maximum Gasteiger partial charge on any atom is 0.177 e. The predicted molar refractivity (Wildman–Crippen MR) is 104 cm³/mol. The minimum absolute atomic E-state index is 0.0411. The van der Waals surface area contributed by atoms with Crippen LogP contribution in [0, 0.1) is 28.6 Å². The molecule has 4 rings (SSSR count). The number of hydrogen-bond donors (Lipinski definition) is 0. The zero-order valence-corrected chi connectivity index (χ0v) is 17.4. The van der Waals surface area contributed by atoms with Gasteiger partial charge in [0.1, 0.15) is 5.78 Å². The average Bonchev–Trinajstić information content (AvgIpc) is 2.82. The van der Waals surface area contributed by atoms with E-state index in [9.17, 15) is 9.59 Å². The summed E-state index contributed by atoms with van der Waals surface area (Å²) in [6.45, 7) is 11.5. The van der Waals surface area contributed by atoms with Gasteiger partial charge >= 0.3 is 0 Å². The van der Waals surface area contributed by atoms with Crippen molar-refractivity contribution >= 4 is 19.6 Å². The molecule has 25 heavy (non-hydrogen) atoms. The lowest BCUT2D eigenvalue weighted by molar-refractivity contribution is -0.131. The van der Waals surface area contributed by atoms with E-state index in [0.29, 0.717) is 23.5 Å². The summed E-state index contributed by atoms with van der Waals surface area (Å²) in [6, 6.07) is 0. The third-order valence-corrected chi connectivity index (χ3v) is 10.2. The molecule has 2 nitrogen and oxygen atoms in total. The summed E-state index contributed by atoms with van der Waals surface area (Å²) < 4.78 is 0. The largest absolute Gasteiger partial charge is 0.299 e. The predicted octanol–water partition coefficient (Wildman–Crippen LogP) is 5.11. The number of Topliss-reactive ketones (excluding diaryl/α,β-unsaturated/α-hetero) is 1. The summed E-state index contributed by atoms with van der Waals surface area (Å²) in [6.07, 6.45) is 10.7. The molecule has 0 aromatic rings. The molecule has 0 saturated heterocycles. The fourth-order valence-corrected chi connectivity index (χ4v) is 8.20. The van der Waals surface area contributed by atoms with Crippen LogP contribution in [0.5, 0.6) is 0 Å². The Morgan fingerprint density at radius 2 is 1.72 bits per heavy atom. The Kier molecular flexibility index (Phi) is 3.68. The van der Waals surface area contributed by atoms with Crippen molar-refractivity contribution in [2.24, 2.45) is 28.6 Å². The first kappa shape index (κ1) is 17.5. The van der Waals surface area contributed by atoms with Crippen LogP contribution in [0.25, 0.3) is 0 Å². The standard InChI is InChI=1S/C22H32O2Si/c1-21-11-10-17-15(16(21)8-9-20(21)24)7-6-14-12-18(23)19(25(3,4)5)13-22(14,17)2/h12-13,15-17H,6-11H2,1-5H3/t15-,16-,17-,21-,22-/m0/s1. The van der Waals surface area contributed by atoms with E-state index in [0.717, 1.165) is 37.3 Å². The van der Waals surface area contributed by atoms with E-state index in [1.54, 1.807) is 0 Å². The van der Waals surface area contributed by atoms with Gasteiger partial charge in [-0.25, -0.2) is 0 Å². The Bertz CT molecular complexity index is 710. The number of carbonyl (C=O) groups is 2. The van der Waals surface area contributed by atoms with Crippen LogP contribution in [0.2, 0.25) is 19.6 Å². The van der Waals surface area contributed by atoms with Crippen LogP contribution in [0.3, 0.4) is 0 Å². The highest BCUT2D eigenvalue weighted by Gasteiger charge is 2.58. The molecule has 0 unspecified atom stereocenters. The molecule has 0 aliphatic heterocycles. The summed E-state index contributed by atoms with van der Waals surface area (Å²) in [5, 5.41) is 1.12. The fourth-order valence-electron chi connectivity index (χ4n) is 6.66. The van der Waals surface area contributed by atoms with Gasteiger partial charge in [-0.15, -0.1) is 0 Å². The van der Waals surface area contributed by atoms with Crippen molar-refractivity contribution < 1.29 is 9.59 Å². The SMILES string of the molecule is C[C@]12C=C([Si](C)(C)C)C(=O)C=C1CC[C@@H]1[C@@H]2CC[C@]2(C)C(=O)CC[C@@H]12. The van der Waals surface area contributed by atoms with Gasteiger partial charge in [0.05, 0.1) is 8.07 Å². The molecule has 0 heterocycles. The van der Waals surface area contributed by atoms with E-state index < -0.39 is 8.07 Å². The number of fused-ring (bicyclic) bond motifs is 5. The molecule has 0 spiro atoms. The van der Waals surface area contributed by atoms with Gasteiger partial charge in [0, 0.05) is 17.3 Å². The van der Waals surface area contributed by atoms with Crippen molar-refractivity contribution in [2.75, 3.05) is 0 Å². The quantitative estimate of drug-likeness (QED) is 0.612. The second-order valence-corrected chi connectivity index (χ2v) is 15.5. The van der Waals surface area contributed by atoms with Gasteiger partial charge in [-0.05, 0) is 61.1 Å². The normalized spacial score (nSPS) is 43.8. The molecule has 0 aromatic carbocycles.